The van der Waals surface area contributed by atoms with Crippen LogP contribution in [0.1, 0.15) is 58.8 Å². The molecular weight excluding hydrogens is 270 g/mol. The Morgan fingerprint density at radius 2 is 2.05 bits per heavy atom. The largest absolute Gasteiger partial charge is 0.480 e. The summed E-state index contributed by atoms with van der Waals surface area (Å²) in [6.45, 7) is 5.15. The number of nitrogens with one attached hydrogen (secondary N) is 1. The first-order valence-electron chi connectivity index (χ1n) is 8.20. The van der Waals surface area contributed by atoms with Gasteiger partial charge in [0.1, 0.15) is 5.54 Å². The molecule has 1 aliphatic rings. The molecule has 0 bridgehead atoms. The van der Waals surface area contributed by atoms with Crippen LogP contribution >= 0.6 is 0 Å². The molecule has 5 nitrogen and oxygen atoms in total. The van der Waals surface area contributed by atoms with E-state index in [1.165, 1.54) is 0 Å². The smallest absolute Gasteiger partial charge is 0.323 e. The van der Waals surface area contributed by atoms with Crippen LogP contribution in [0.4, 0.5) is 0 Å². The maximum absolute atomic E-state index is 11.5. The fraction of sp³-hybridized carbons (Fsp3) is 0.938. The molecular formula is C16H31NO4. The highest BCUT2D eigenvalue weighted by Crippen LogP contribution is 2.24. The summed E-state index contributed by atoms with van der Waals surface area (Å²) in [7, 11) is 1.76. The summed E-state index contributed by atoms with van der Waals surface area (Å²) in [4.78, 5) is 11.5. The Morgan fingerprint density at radius 3 is 2.62 bits per heavy atom. The van der Waals surface area contributed by atoms with Crippen molar-refractivity contribution in [1.29, 1.82) is 0 Å². The highest BCUT2D eigenvalue weighted by molar-refractivity contribution is 5.78. The summed E-state index contributed by atoms with van der Waals surface area (Å²) in [5, 5.41) is 12.6. The molecule has 0 aromatic carbocycles. The molecule has 3 atom stereocenters. The zero-order chi connectivity index (χ0) is 15.7. The highest BCUT2D eigenvalue weighted by atomic mass is 16.5. The van der Waals surface area contributed by atoms with Gasteiger partial charge in [-0.2, -0.15) is 0 Å². The fourth-order valence-corrected chi connectivity index (χ4v) is 3.15. The van der Waals surface area contributed by atoms with Crippen LogP contribution in [-0.4, -0.2) is 49.1 Å². The van der Waals surface area contributed by atoms with Gasteiger partial charge in [-0.1, -0.05) is 13.8 Å². The molecule has 0 radical (unpaired) electrons. The lowest BCUT2D eigenvalue weighted by Gasteiger charge is -2.30. The Kier molecular flexibility index (Phi) is 8.22. The number of hydrogen-bond donors (Lipinski definition) is 2. The second kappa shape index (κ2) is 9.38. The zero-order valence-corrected chi connectivity index (χ0v) is 13.7. The van der Waals surface area contributed by atoms with Crippen molar-refractivity contribution < 1.29 is 19.4 Å². The molecule has 124 valence electrons. The third kappa shape index (κ3) is 5.57. The van der Waals surface area contributed by atoms with E-state index in [1.54, 1.807) is 7.11 Å². The minimum Gasteiger partial charge on any atom is -0.480 e. The highest BCUT2D eigenvalue weighted by Gasteiger charge is 2.35. The molecule has 1 rings (SSSR count). The second-order valence-corrected chi connectivity index (χ2v) is 5.89. The van der Waals surface area contributed by atoms with E-state index < -0.39 is 11.5 Å². The van der Waals surface area contributed by atoms with E-state index in [-0.39, 0.29) is 6.10 Å². The second-order valence-electron chi connectivity index (χ2n) is 5.89. The monoisotopic (exact) mass is 301 g/mol. The molecule has 0 aromatic heterocycles. The summed E-state index contributed by atoms with van der Waals surface area (Å²) in [5.41, 5.74) is -0.806. The molecule has 21 heavy (non-hydrogen) atoms. The van der Waals surface area contributed by atoms with Crippen molar-refractivity contribution in [3.05, 3.63) is 0 Å². The molecule has 1 fully saturated rings. The lowest BCUT2D eigenvalue weighted by molar-refractivity contribution is -0.145. The molecule has 2 N–H and O–H groups in total. The number of aliphatic carboxylic acids is 1. The van der Waals surface area contributed by atoms with Gasteiger partial charge in [0.2, 0.25) is 0 Å². The third-order valence-corrected chi connectivity index (χ3v) is 4.54. The van der Waals surface area contributed by atoms with Gasteiger partial charge in [-0.3, -0.25) is 4.79 Å². The standard InChI is InChI=1S/C16H31NO4/c1-4-16(15(18)19,17-5-2)10-7-11-21-14-9-6-8-13(12-14)20-3/h13-14,17H,4-12H2,1-3H3,(H,18,19). The number of likely N-dealkylation sites (N-methyl/N-ethyl adjacent to an activating group) is 1. The van der Waals surface area contributed by atoms with Gasteiger partial charge in [0.15, 0.2) is 0 Å². The van der Waals surface area contributed by atoms with Crippen LogP contribution in [0.15, 0.2) is 0 Å². The van der Waals surface area contributed by atoms with Gasteiger partial charge in [-0.25, -0.2) is 0 Å². The van der Waals surface area contributed by atoms with Crippen molar-refractivity contribution in [3.8, 4) is 0 Å². The van der Waals surface area contributed by atoms with E-state index in [4.69, 9.17) is 9.47 Å². The van der Waals surface area contributed by atoms with Crippen LogP contribution < -0.4 is 5.32 Å². The van der Waals surface area contributed by atoms with Crippen molar-refractivity contribution in [2.75, 3.05) is 20.3 Å². The predicted molar refractivity (Wildman–Crippen MR) is 82.6 cm³/mol. The Hall–Kier alpha value is -0.650. The van der Waals surface area contributed by atoms with E-state index in [9.17, 15) is 9.90 Å². The number of rotatable bonds is 10. The molecule has 1 saturated carbocycles. The van der Waals surface area contributed by atoms with Crippen LogP contribution in [0.2, 0.25) is 0 Å². The Balaban J connectivity index is 2.32. The summed E-state index contributed by atoms with van der Waals surface area (Å²) < 4.78 is 11.3. The van der Waals surface area contributed by atoms with Crippen molar-refractivity contribution in [2.24, 2.45) is 0 Å². The molecule has 0 saturated heterocycles. The van der Waals surface area contributed by atoms with E-state index >= 15 is 0 Å². The van der Waals surface area contributed by atoms with Gasteiger partial charge in [0.25, 0.3) is 0 Å². The summed E-state index contributed by atoms with van der Waals surface area (Å²) >= 11 is 0. The van der Waals surface area contributed by atoms with Gasteiger partial charge in [0.05, 0.1) is 12.2 Å². The van der Waals surface area contributed by atoms with Crippen molar-refractivity contribution >= 4 is 5.97 Å². The molecule has 3 unspecified atom stereocenters. The normalized spacial score (nSPS) is 25.5. The number of ether oxygens (including phenoxy) is 2. The third-order valence-electron chi connectivity index (χ3n) is 4.54. The van der Waals surface area contributed by atoms with Crippen LogP contribution in [0, 0.1) is 0 Å². The first-order chi connectivity index (χ1) is 10.1. The molecule has 0 amide bonds. The number of carboxylic acid groups (broad SMARTS) is 1. The predicted octanol–water partition coefficient (Wildman–Crippen LogP) is 2.58. The van der Waals surface area contributed by atoms with E-state index in [0.717, 1.165) is 32.1 Å². The van der Waals surface area contributed by atoms with Crippen LogP contribution in [0.25, 0.3) is 0 Å². The van der Waals surface area contributed by atoms with Gasteiger partial charge >= 0.3 is 5.97 Å². The van der Waals surface area contributed by atoms with E-state index in [1.807, 2.05) is 13.8 Å². The minimum absolute atomic E-state index is 0.267. The Morgan fingerprint density at radius 1 is 1.33 bits per heavy atom. The quantitative estimate of drug-likeness (QED) is 0.607. The lowest BCUT2D eigenvalue weighted by atomic mass is 9.90. The molecule has 0 aromatic rings. The van der Waals surface area contributed by atoms with Crippen molar-refractivity contribution in [2.45, 2.75) is 76.5 Å². The molecule has 0 aliphatic heterocycles. The van der Waals surface area contributed by atoms with Gasteiger partial charge < -0.3 is 19.9 Å². The molecule has 0 heterocycles. The fourth-order valence-electron chi connectivity index (χ4n) is 3.15. The number of hydrogen-bond acceptors (Lipinski definition) is 4. The first kappa shape index (κ1) is 18.4. The topological polar surface area (TPSA) is 67.8 Å². The summed E-state index contributed by atoms with van der Waals surface area (Å²) in [6, 6.07) is 0. The Labute approximate surface area is 128 Å². The van der Waals surface area contributed by atoms with Gasteiger partial charge in [0, 0.05) is 13.7 Å². The van der Waals surface area contributed by atoms with Crippen LogP contribution in [-0.2, 0) is 14.3 Å². The summed E-state index contributed by atoms with van der Waals surface area (Å²) in [5.74, 6) is -0.760. The maximum Gasteiger partial charge on any atom is 0.323 e. The SMILES string of the molecule is CCNC(CC)(CCCOC1CCCC(OC)C1)C(=O)O. The Bertz CT molecular complexity index is 311. The number of carbonyl (C=O) groups is 1. The molecule has 1 aliphatic carbocycles. The molecule has 0 spiro atoms. The lowest BCUT2D eigenvalue weighted by Crippen LogP contribution is -2.51. The van der Waals surface area contributed by atoms with E-state index in [0.29, 0.717) is 32.1 Å². The molecule has 5 heteroatoms. The van der Waals surface area contributed by atoms with Crippen molar-refractivity contribution in [1.82, 2.24) is 5.32 Å². The van der Waals surface area contributed by atoms with Crippen LogP contribution in [0.5, 0.6) is 0 Å². The van der Waals surface area contributed by atoms with Gasteiger partial charge in [-0.05, 0) is 51.5 Å². The zero-order valence-electron chi connectivity index (χ0n) is 13.7. The van der Waals surface area contributed by atoms with Crippen molar-refractivity contribution in [3.63, 3.8) is 0 Å². The van der Waals surface area contributed by atoms with Crippen LogP contribution in [0.3, 0.4) is 0 Å². The number of carboxylic acids is 1. The average Bonchev–Trinajstić information content (AvgIpc) is 2.50. The maximum atomic E-state index is 11.5. The van der Waals surface area contributed by atoms with E-state index in [2.05, 4.69) is 5.32 Å². The van der Waals surface area contributed by atoms with Gasteiger partial charge in [-0.15, -0.1) is 0 Å². The first-order valence-corrected chi connectivity index (χ1v) is 8.20. The number of methoxy groups -OCH3 is 1. The minimum atomic E-state index is -0.806. The average molecular weight is 301 g/mol. The summed E-state index contributed by atoms with van der Waals surface area (Å²) in [6.07, 6.45) is 6.86.